The third-order valence-electron chi connectivity index (χ3n) is 3.43. The van der Waals surface area contributed by atoms with Crippen LogP contribution in [0.1, 0.15) is 11.6 Å². The van der Waals surface area contributed by atoms with Crippen LogP contribution in [0.25, 0.3) is 0 Å². The maximum absolute atomic E-state index is 12.5. The van der Waals surface area contributed by atoms with Crippen molar-refractivity contribution in [3.63, 3.8) is 0 Å². The van der Waals surface area contributed by atoms with Gasteiger partial charge in [-0.25, -0.2) is 8.42 Å². The lowest BCUT2D eigenvalue weighted by Crippen LogP contribution is -2.30. The summed E-state index contributed by atoms with van der Waals surface area (Å²) in [5.74, 6) is 0.194. The number of amides is 1. The first-order chi connectivity index (χ1) is 11.8. The molecule has 8 nitrogen and oxygen atoms in total. The zero-order valence-electron chi connectivity index (χ0n) is 14.4. The van der Waals surface area contributed by atoms with Gasteiger partial charge in [-0.2, -0.15) is 5.10 Å². The number of aryl methyl sites for hydroxylation is 1. The topological polar surface area (TPSA) is 102 Å². The van der Waals surface area contributed by atoms with E-state index in [4.69, 9.17) is 4.74 Å². The van der Waals surface area contributed by atoms with E-state index in [2.05, 4.69) is 15.7 Å². The standard InChI is InChI=1S/C16H22N4O4S/c1-17-15(12-10-18-20(2)11-12)16(21)19-13-5-4-6-14(9-13)24-7-8-25(3,22)23/h4-6,9-11,15,17H,7-8H2,1-3H3,(H,19,21). The minimum atomic E-state index is -3.08. The molecule has 1 aromatic heterocycles. The van der Waals surface area contributed by atoms with Crippen molar-refractivity contribution in [2.75, 3.05) is 31.0 Å². The molecule has 0 fully saturated rings. The number of anilines is 1. The van der Waals surface area contributed by atoms with Crippen LogP contribution in [-0.2, 0) is 21.7 Å². The molecule has 0 bridgehead atoms. The van der Waals surface area contributed by atoms with Crippen molar-refractivity contribution in [2.45, 2.75) is 6.04 Å². The maximum atomic E-state index is 12.5. The van der Waals surface area contributed by atoms with Crippen LogP contribution in [0.3, 0.4) is 0 Å². The Morgan fingerprint density at radius 1 is 1.40 bits per heavy atom. The smallest absolute Gasteiger partial charge is 0.246 e. The van der Waals surface area contributed by atoms with Gasteiger partial charge < -0.3 is 15.4 Å². The number of aromatic nitrogens is 2. The van der Waals surface area contributed by atoms with Crippen LogP contribution in [0.2, 0.25) is 0 Å². The summed E-state index contributed by atoms with van der Waals surface area (Å²) in [4.78, 5) is 12.5. The normalized spacial score (nSPS) is 12.6. The molecular formula is C16H22N4O4S. The van der Waals surface area contributed by atoms with Crippen molar-refractivity contribution < 1.29 is 17.9 Å². The van der Waals surface area contributed by atoms with Crippen LogP contribution in [0.4, 0.5) is 5.69 Å². The van der Waals surface area contributed by atoms with Gasteiger partial charge in [0.05, 0.1) is 11.9 Å². The summed E-state index contributed by atoms with van der Waals surface area (Å²) in [5.41, 5.74) is 1.31. The minimum Gasteiger partial charge on any atom is -0.492 e. The lowest BCUT2D eigenvalue weighted by molar-refractivity contribution is -0.118. The second-order valence-electron chi connectivity index (χ2n) is 5.66. The second kappa shape index (κ2) is 8.13. The predicted molar refractivity (Wildman–Crippen MR) is 95.3 cm³/mol. The zero-order chi connectivity index (χ0) is 18.4. The minimum absolute atomic E-state index is 0.0606. The third kappa shape index (κ3) is 5.87. The molecule has 0 aliphatic heterocycles. The van der Waals surface area contributed by atoms with Crippen LogP contribution in [0, 0.1) is 0 Å². The molecule has 136 valence electrons. The summed E-state index contributed by atoms with van der Waals surface area (Å²) in [7, 11) is 0.402. The van der Waals surface area contributed by atoms with Crippen LogP contribution < -0.4 is 15.4 Å². The number of nitrogens with zero attached hydrogens (tertiary/aromatic N) is 2. The number of rotatable bonds is 8. The SMILES string of the molecule is CNC(C(=O)Nc1cccc(OCCS(C)(=O)=O)c1)c1cnn(C)c1. The van der Waals surface area contributed by atoms with E-state index in [0.717, 1.165) is 11.8 Å². The van der Waals surface area contributed by atoms with E-state index in [1.165, 1.54) is 0 Å². The van der Waals surface area contributed by atoms with Gasteiger partial charge in [-0.15, -0.1) is 0 Å². The number of ether oxygens (including phenoxy) is 1. The molecular weight excluding hydrogens is 344 g/mol. The maximum Gasteiger partial charge on any atom is 0.246 e. The number of benzene rings is 1. The zero-order valence-corrected chi connectivity index (χ0v) is 15.2. The van der Waals surface area contributed by atoms with Crippen LogP contribution >= 0.6 is 0 Å². The number of carbonyl (C=O) groups is 1. The summed E-state index contributed by atoms with van der Waals surface area (Å²) < 4.78 is 29.3. The molecule has 0 saturated carbocycles. The Kier molecular flexibility index (Phi) is 6.16. The van der Waals surface area contributed by atoms with Gasteiger partial charge in [0.2, 0.25) is 5.91 Å². The van der Waals surface area contributed by atoms with Gasteiger partial charge in [0, 0.05) is 36.8 Å². The summed E-state index contributed by atoms with van der Waals surface area (Å²) in [6.07, 6.45) is 4.56. The summed E-state index contributed by atoms with van der Waals surface area (Å²) in [6.45, 7) is 0.0606. The lowest BCUT2D eigenvalue weighted by Gasteiger charge is -2.15. The summed E-state index contributed by atoms with van der Waals surface area (Å²) in [6, 6.07) is 6.27. The molecule has 2 rings (SSSR count). The molecule has 1 aromatic carbocycles. The number of sulfone groups is 1. The van der Waals surface area contributed by atoms with E-state index in [-0.39, 0.29) is 18.3 Å². The number of hydrogen-bond donors (Lipinski definition) is 2. The molecule has 1 amide bonds. The van der Waals surface area contributed by atoms with Gasteiger partial charge in [-0.3, -0.25) is 9.48 Å². The predicted octanol–water partition coefficient (Wildman–Crippen LogP) is 0.743. The van der Waals surface area contributed by atoms with Gasteiger partial charge in [0.25, 0.3) is 0 Å². The van der Waals surface area contributed by atoms with Crippen molar-refractivity contribution in [1.82, 2.24) is 15.1 Å². The Morgan fingerprint density at radius 2 is 2.16 bits per heavy atom. The number of hydrogen-bond acceptors (Lipinski definition) is 6. The van der Waals surface area contributed by atoms with E-state index in [0.29, 0.717) is 11.4 Å². The van der Waals surface area contributed by atoms with E-state index in [9.17, 15) is 13.2 Å². The molecule has 0 aliphatic rings. The monoisotopic (exact) mass is 366 g/mol. The molecule has 1 atom stereocenters. The molecule has 9 heteroatoms. The largest absolute Gasteiger partial charge is 0.492 e. The quantitative estimate of drug-likeness (QED) is 0.714. The van der Waals surface area contributed by atoms with Gasteiger partial charge in [-0.05, 0) is 19.2 Å². The Hall–Kier alpha value is -2.39. The molecule has 1 unspecified atom stereocenters. The highest BCUT2D eigenvalue weighted by Gasteiger charge is 2.20. The lowest BCUT2D eigenvalue weighted by atomic mass is 10.1. The van der Waals surface area contributed by atoms with E-state index >= 15 is 0 Å². The average molecular weight is 366 g/mol. The Bertz CT molecular complexity index is 832. The first kappa shape index (κ1) is 18.9. The van der Waals surface area contributed by atoms with E-state index in [1.54, 1.807) is 55.4 Å². The molecule has 25 heavy (non-hydrogen) atoms. The number of nitrogens with one attached hydrogen (secondary N) is 2. The van der Waals surface area contributed by atoms with Crippen LogP contribution in [0.15, 0.2) is 36.7 Å². The first-order valence-electron chi connectivity index (χ1n) is 7.66. The molecule has 0 spiro atoms. The molecule has 0 aliphatic carbocycles. The molecule has 0 radical (unpaired) electrons. The van der Waals surface area contributed by atoms with Crippen LogP contribution in [-0.4, -0.2) is 49.8 Å². The highest BCUT2D eigenvalue weighted by molar-refractivity contribution is 7.90. The van der Waals surface area contributed by atoms with Gasteiger partial charge in [0.1, 0.15) is 18.4 Å². The van der Waals surface area contributed by atoms with E-state index < -0.39 is 15.9 Å². The second-order valence-corrected chi connectivity index (χ2v) is 7.92. The van der Waals surface area contributed by atoms with E-state index in [1.807, 2.05) is 0 Å². The average Bonchev–Trinajstić information content (AvgIpc) is 2.93. The first-order valence-corrected chi connectivity index (χ1v) is 9.72. The van der Waals surface area contributed by atoms with Crippen molar-refractivity contribution in [2.24, 2.45) is 7.05 Å². The fourth-order valence-electron chi connectivity index (χ4n) is 2.23. The fraction of sp³-hybridized carbons (Fsp3) is 0.375. The van der Waals surface area contributed by atoms with Gasteiger partial charge in [-0.1, -0.05) is 6.07 Å². The van der Waals surface area contributed by atoms with Gasteiger partial charge >= 0.3 is 0 Å². The van der Waals surface area contributed by atoms with Crippen molar-refractivity contribution >= 4 is 21.4 Å². The third-order valence-corrected chi connectivity index (χ3v) is 4.34. The van der Waals surface area contributed by atoms with Crippen LogP contribution in [0.5, 0.6) is 5.75 Å². The number of likely N-dealkylation sites (N-methyl/N-ethyl adjacent to an activating group) is 1. The van der Waals surface area contributed by atoms with Crippen molar-refractivity contribution in [3.8, 4) is 5.75 Å². The molecule has 1 heterocycles. The Balaban J connectivity index is 2.01. The fourth-order valence-corrected chi connectivity index (χ4v) is 2.61. The summed E-state index contributed by atoms with van der Waals surface area (Å²) >= 11 is 0. The van der Waals surface area contributed by atoms with Gasteiger partial charge in [0.15, 0.2) is 9.84 Å². The molecule has 0 saturated heterocycles. The number of carbonyl (C=O) groups excluding carboxylic acids is 1. The Labute approximate surface area is 147 Å². The molecule has 2 N–H and O–H groups in total. The van der Waals surface area contributed by atoms with Crippen molar-refractivity contribution in [1.29, 1.82) is 0 Å². The highest BCUT2D eigenvalue weighted by atomic mass is 32.2. The Morgan fingerprint density at radius 3 is 2.76 bits per heavy atom. The molecule has 2 aromatic rings. The highest BCUT2D eigenvalue weighted by Crippen LogP contribution is 2.20. The van der Waals surface area contributed by atoms with Crippen molar-refractivity contribution in [3.05, 3.63) is 42.2 Å². The summed E-state index contributed by atoms with van der Waals surface area (Å²) in [5, 5.41) is 9.84.